The van der Waals surface area contributed by atoms with Gasteiger partial charge in [0.05, 0.1) is 0 Å². The van der Waals surface area contributed by atoms with Crippen LogP contribution in [0.15, 0.2) is 24.3 Å². The molecule has 0 aromatic heterocycles. The van der Waals surface area contributed by atoms with Crippen molar-refractivity contribution in [1.29, 1.82) is 0 Å². The zero-order valence-electron chi connectivity index (χ0n) is 11.5. The topological polar surface area (TPSA) is 12.0 Å². The Bertz CT molecular complexity index is 377. The van der Waals surface area contributed by atoms with E-state index < -0.39 is 0 Å². The molecule has 0 amide bonds. The van der Waals surface area contributed by atoms with Crippen LogP contribution < -0.4 is 5.32 Å². The minimum atomic E-state index is -0.129. The molecule has 1 aromatic carbocycles. The van der Waals surface area contributed by atoms with Crippen LogP contribution in [0, 0.1) is 17.7 Å². The van der Waals surface area contributed by atoms with E-state index in [-0.39, 0.29) is 5.82 Å². The minimum absolute atomic E-state index is 0.129. The molecule has 100 valence electrons. The Kier molecular flexibility index (Phi) is 4.76. The Morgan fingerprint density at radius 3 is 2.89 bits per heavy atom. The van der Waals surface area contributed by atoms with E-state index in [4.69, 9.17) is 0 Å². The number of benzene rings is 1. The maximum absolute atomic E-state index is 13.3. The first-order valence-corrected chi connectivity index (χ1v) is 7.17. The zero-order chi connectivity index (χ0) is 13.0. The quantitative estimate of drug-likeness (QED) is 0.838. The van der Waals surface area contributed by atoms with Crippen LogP contribution in [0.3, 0.4) is 0 Å². The van der Waals surface area contributed by atoms with E-state index in [1.807, 2.05) is 19.2 Å². The van der Waals surface area contributed by atoms with Crippen molar-refractivity contribution in [3.63, 3.8) is 0 Å². The van der Waals surface area contributed by atoms with Crippen molar-refractivity contribution in [3.05, 3.63) is 35.6 Å². The van der Waals surface area contributed by atoms with E-state index >= 15 is 0 Å². The van der Waals surface area contributed by atoms with Gasteiger partial charge >= 0.3 is 0 Å². The summed E-state index contributed by atoms with van der Waals surface area (Å²) in [4.78, 5) is 0. The van der Waals surface area contributed by atoms with Gasteiger partial charge < -0.3 is 5.32 Å². The third kappa shape index (κ3) is 3.11. The highest BCUT2D eigenvalue weighted by Gasteiger charge is 2.27. The largest absolute Gasteiger partial charge is 0.313 e. The second-order valence-corrected chi connectivity index (χ2v) is 5.52. The van der Waals surface area contributed by atoms with Gasteiger partial charge in [0.1, 0.15) is 5.82 Å². The highest BCUT2D eigenvalue weighted by atomic mass is 19.1. The molecule has 0 bridgehead atoms. The van der Waals surface area contributed by atoms with Gasteiger partial charge in [0.15, 0.2) is 0 Å². The molecular weight excluding hydrogens is 225 g/mol. The van der Waals surface area contributed by atoms with Crippen molar-refractivity contribution in [1.82, 2.24) is 5.32 Å². The van der Waals surface area contributed by atoms with Crippen molar-refractivity contribution in [2.45, 2.75) is 45.1 Å². The van der Waals surface area contributed by atoms with Crippen LogP contribution >= 0.6 is 0 Å². The fourth-order valence-corrected chi connectivity index (χ4v) is 3.38. The van der Waals surface area contributed by atoms with Gasteiger partial charge in [-0.15, -0.1) is 0 Å². The van der Waals surface area contributed by atoms with E-state index in [0.717, 1.165) is 11.5 Å². The molecule has 1 aliphatic carbocycles. The summed E-state index contributed by atoms with van der Waals surface area (Å²) in [5, 5.41) is 3.39. The Balaban J connectivity index is 2.12. The fourth-order valence-electron chi connectivity index (χ4n) is 3.38. The third-order valence-electron chi connectivity index (χ3n) is 4.39. The molecule has 1 fully saturated rings. The highest BCUT2D eigenvalue weighted by Crippen LogP contribution is 2.38. The van der Waals surface area contributed by atoms with Crippen LogP contribution in [0.5, 0.6) is 0 Å². The summed E-state index contributed by atoms with van der Waals surface area (Å²) >= 11 is 0. The summed E-state index contributed by atoms with van der Waals surface area (Å²) in [7, 11) is 1.99. The van der Waals surface area contributed by atoms with E-state index in [0.29, 0.717) is 12.0 Å². The highest BCUT2D eigenvalue weighted by molar-refractivity contribution is 5.21. The Hall–Kier alpha value is -0.890. The number of hydrogen-bond acceptors (Lipinski definition) is 1. The van der Waals surface area contributed by atoms with Gasteiger partial charge in [-0.05, 0) is 49.4 Å². The molecule has 0 spiro atoms. The first-order chi connectivity index (χ1) is 8.74. The molecule has 1 nitrogen and oxygen atoms in total. The van der Waals surface area contributed by atoms with Gasteiger partial charge in [0, 0.05) is 6.04 Å². The minimum Gasteiger partial charge on any atom is -0.313 e. The van der Waals surface area contributed by atoms with E-state index in [1.54, 1.807) is 6.07 Å². The molecule has 2 heteroatoms. The predicted octanol–water partition coefficient (Wildman–Crippen LogP) is 4.30. The number of hydrogen-bond donors (Lipinski definition) is 1. The van der Waals surface area contributed by atoms with Crippen molar-refractivity contribution >= 4 is 0 Å². The second kappa shape index (κ2) is 6.33. The maximum Gasteiger partial charge on any atom is 0.123 e. The SMILES string of the molecule is CCC1CCCC(C(NC)c2cccc(F)c2)C1. The van der Waals surface area contributed by atoms with E-state index in [9.17, 15) is 4.39 Å². The van der Waals surface area contributed by atoms with E-state index in [2.05, 4.69) is 12.2 Å². The van der Waals surface area contributed by atoms with Gasteiger partial charge in [-0.1, -0.05) is 38.3 Å². The lowest BCUT2D eigenvalue weighted by Crippen LogP contribution is -2.29. The summed E-state index contributed by atoms with van der Waals surface area (Å²) < 4.78 is 13.3. The molecular formula is C16H24FN. The standard InChI is InChI=1S/C16H24FN/c1-3-12-6-4-7-13(10-12)16(18-2)14-8-5-9-15(17)11-14/h5,8-9,11-13,16,18H,3-4,6-7,10H2,1-2H3. The lowest BCUT2D eigenvalue weighted by atomic mass is 9.75. The molecule has 1 aromatic rings. The molecule has 1 saturated carbocycles. The fraction of sp³-hybridized carbons (Fsp3) is 0.625. The van der Waals surface area contributed by atoms with Crippen LogP contribution in [0.1, 0.15) is 50.6 Å². The number of rotatable bonds is 4. The van der Waals surface area contributed by atoms with E-state index in [1.165, 1.54) is 38.2 Å². The van der Waals surface area contributed by atoms with Gasteiger partial charge in [0.2, 0.25) is 0 Å². The van der Waals surface area contributed by atoms with Crippen LogP contribution in [-0.2, 0) is 0 Å². The van der Waals surface area contributed by atoms with Crippen molar-refractivity contribution in [2.75, 3.05) is 7.05 Å². The number of nitrogens with one attached hydrogen (secondary N) is 1. The molecule has 18 heavy (non-hydrogen) atoms. The average Bonchev–Trinajstić information content (AvgIpc) is 2.40. The molecule has 1 aliphatic rings. The molecule has 2 rings (SSSR count). The van der Waals surface area contributed by atoms with Crippen molar-refractivity contribution < 1.29 is 4.39 Å². The smallest absolute Gasteiger partial charge is 0.123 e. The summed E-state index contributed by atoms with van der Waals surface area (Å²) in [6.07, 6.45) is 6.50. The first kappa shape index (κ1) is 13.5. The molecule has 0 radical (unpaired) electrons. The average molecular weight is 249 g/mol. The normalized spacial score (nSPS) is 25.9. The van der Waals surface area contributed by atoms with Gasteiger partial charge in [-0.2, -0.15) is 0 Å². The zero-order valence-corrected chi connectivity index (χ0v) is 11.5. The predicted molar refractivity (Wildman–Crippen MR) is 73.9 cm³/mol. The summed E-state index contributed by atoms with van der Waals surface area (Å²) in [5.41, 5.74) is 1.10. The summed E-state index contributed by atoms with van der Waals surface area (Å²) in [6.45, 7) is 2.28. The Morgan fingerprint density at radius 2 is 2.22 bits per heavy atom. The van der Waals surface area contributed by atoms with Crippen molar-refractivity contribution in [2.24, 2.45) is 11.8 Å². The van der Waals surface area contributed by atoms with Gasteiger partial charge in [-0.25, -0.2) is 4.39 Å². The number of halogens is 1. The first-order valence-electron chi connectivity index (χ1n) is 7.17. The van der Waals surface area contributed by atoms with Crippen LogP contribution in [0.4, 0.5) is 4.39 Å². The van der Waals surface area contributed by atoms with Crippen molar-refractivity contribution in [3.8, 4) is 0 Å². The molecule has 3 unspecified atom stereocenters. The van der Waals surface area contributed by atoms with Gasteiger partial charge in [0.25, 0.3) is 0 Å². The second-order valence-electron chi connectivity index (χ2n) is 5.52. The lowest BCUT2D eigenvalue weighted by molar-refractivity contribution is 0.214. The van der Waals surface area contributed by atoms with Crippen LogP contribution in [-0.4, -0.2) is 7.05 Å². The molecule has 0 aliphatic heterocycles. The maximum atomic E-state index is 13.3. The third-order valence-corrected chi connectivity index (χ3v) is 4.39. The molecule has 0 saturated heterocycles. The Morgan fingerprint density at radius 1 is 1.39 bits per heavy atom. The van der Waals surface area contributed by atoms with Crippen LogP contribution in [0.25, 0.3) is 0 Å². The summed E-state index contributed by atoms with van der Waals surface area (Å²) in [6, 6.07) is 7.35. The monoisotopic (exact) mass is 249 g/mol. The van der Waals surface area contributed by atoms with Gasteiger partial charge in [-0.3, -0.25) is 0 Å². The molecule has 0 heterocycles. The lowest BCUT2D eigenvalue weighted by Gasteiger charge is -2.34. The van der Waals surface area contributed by atoms with Crippen LogP contribution in [0.2, 0.25) is 0 Å². The molecule has 3 atom stereocenters. The Labute approximate surface area is 110 Å². The summed E-state index contributed by atoms with van der Waals surface area (Å²) in [5.74, 6) is 1.37. The molecule has 1 N–H and O–H groups in total.